The van der Waals surface area contributed by atoms with Crippen molar-refractivity contribution in [3.8, 4) is 11.8 Å². The number of nitrogens with zero attached hydrogens (tertiary/aromatic N) is 1. The Morgan fingerprint density at radius 3 is 2.70 bits per heavy atom. The van der Waals surface area contributed by atoms with Crippen LogP contribution >= 0.6 is 15.9 Å². The molecular formula is C14H14BrNO4. The predicted octanol–water partition coefficient (Wildman–Crippen LogP) is 2.55. The molecule has 1 aromatic rings. The lowest BCUT2D eigenvalue weighted by molar-refractivity contribution is -0.139. The summed E-state index contributed by atoms with van der Waals surface area (Å²) in [5, 5.41) is 9.00. The van der Waals surface area contributed by atoms with Crippen LogP contribution in [-0.4, -0.2) is 33.4 Å². The fourth-order valence-electron chi connectivity index (χ4n) is 1.37. The number of nitriles is 1. The molecule has 0 unspecified atom stereocenters. The first-order valence-corrected chi connectivity index (χ1v) is 6.53. The minimum atomic E-state index is -0.670. The zero-order valence-electron chi connectivity index (χ0n) is 11.2. The minimum Gasteiger partial charge on any atom is -0.496 e. The lowest BCUT2D eigenvalue weighted by atomic mass is 10.1. The Kier molecular flexibility index (Phi) is 6.77. The van der Waals surface area contributed by atoms with Crippen molar-refractivity contribution < 1.29 is 19.0 Å². The van der Waals surface area contributed by atoms with Gasteiger partial charge in [0, 0.05) is 7.11 Å². The van der Waals surface area contributed by atoms with Gasteiger partial charge in [0.1, 0.15) is 24.0 Å². The first-order valence-electron chi connectivity index (χ1n) is 5.73. The molecule has 0 aliphatic rings. The molecule has 0 aromatic heterocycles. The van der Waals surface area contributed by atoms with Crippen molar-refractivity contribution in [1.29, 1.82) is 5.26 Å². The standard InChI is InChI=1S/C14H14BrNO4/c1-18-5-6-20-14(17)11(9-16)7-10-3-4-13(19-2)12(15)8-10/h3-4,7-8H,5-6H2,1-2H3/b11-7+. The van der Waals surface area contributed by atoms with E-state index in [1.807, 2.05) is 6.07 Å². The van der Waals surface area contributed by atoms with Crippen LogP contribution in [0.2, 0.25) is 0 Å². The number of methoxy groups -OCH3 is 2. The average Bonchev–Trinajstić information content (AvgIpc) is 2.45. The Morgan fingerprint density at radius 2 is 2.15 bits per heavy atom. The van der Waals surface area contributed by atoms with E-state index in [0.29, 0.717) is 17.9 Å². The van der Waals surface area contributed by atoms with Crippen molar-refractivity contribution in [2.45, 2.75) is 0 Å². The van der Waals surface area contributed by atoms with Crippen LogP contribution in [0.4, 0.5) is 0 Å². The average molecular weight is 340 g/mol. The SMILES string of the molecule is COCCOC(=O)/C(C#N)=C/c1ccc(OC)c(Br)c1. The molecule has 0 saturated carbocycles. The molecule has 1 aromatic carbocycles. The maximum Gasteiger partial charge on any atom is 0.348 e. The maximum atomic E-state index is 11.7. The Labute approximate surface area is 125 Å². The van der Waals surface area contributed by atoms with Gasteiger partial charge in [-0.05, 0) is 39.7 Å². The molecule has 0 aliphatic heterocycles. The van der Waals surface area contributed by atoms with Gasteiger partial charge < -0.3 is 14.2 Å². The number of carbonyl (C=O) groups excluding carboxylic acids is 1. The van der Waals surface area contributed by atoms with Crippen LogP contribution in [-0.2, 0) is 14.3 Å². The van der Waals surface area contributed by atoms with Crippen LogP contribution in [0.25, 0.3) is 6.08 Å². The summed E-state index contributed by atoms with van der Waals surface area (Å²) in [6, 6.07) is 7.05. The van der Waals surface area contributed by atoms with Gasteiger partial charge in [-0.1, -0.05) is 6.07 Å². The predicted molar refractivity (Wildman–Crippen MR) is 77.1 cm³/mol. The van der Waals surface area contributed by atoms with E-state index in [1.165, 1.54) is 13.2 Å². The monoisotopic (exact) mass is 339 g/mol. The molecule has 0 aliphatic carbocycles. The van der Waals surface area contributed by atoms with Crippen molar-refractivity contribution in [3.05, 3.63) is 33.8 Å². The molecule has 0 N–H and O–H groups in total. The Morgan fingerprint density at radius 1 is 1.40 bits per heavy atom. The van der Waals surface area contributed by atoms with Gasteiger partial charge in [-0.25, -0.2) is 4.79 Å². The molecule has 1 rings (SSSR count). The third-order valence-corrected chi connectivity index (χ3v) is 2.97. The molecule has 0 radical (unpaired) electrons. The molecule has 0 spiro atoms. The van der Waals surface area contributed by atoms with E-state index in [-0.39, 0.29) is 12.2 Å². The van der Waals surface area contributed by atoms with Crippen LogP contribution < -0.4 is 4.74 Å². The molecule has 0 amide bonds. The van der Waals surface area contributed by atoms with Crippen LogP contribution in [0.5, 0.6) is 5.75 Å². The highest BCUT2D eigenvalue weighted by atomic mass is 79.9. The summed E-state index contributed by atoms with van der Waals surface area (Å²) in [7, 11) is 3.06. The van der Waals surface area contributed by atoms with Gasteiger partial charge in [-0.2, -0.15) is 5.26 Å². The number of esters is 1. The number of hydrogen-bond acceptors (Lipinski definition) is 5. The summed E-state index contributed by atoms with van der Waals surface area (Å²) >= 11 is 3.34. The Balaban J connectivity index is 2.86. The van der Waals surface area contributed by atoms with E-state index >= 15 is 0 Å². The minimum absolute atomic E-state index is 0.0711. The van der Waals surface area contributed by atoms with E-state index in [1.54, 1.807) is 25.3 Å². The second-order valence-electron chi connectivity index (χ2n) is 3.69. The van der Waals surface area contributed by atoms with Crippen molar-refractivity contribution in [2.24, 2.45) is 0 Å². The Bertz CT molecular complexity index is 549. The number of hydrogen-bond donors (Lipinski definition) is 0. The molecule has 0 bridgehead atoms. The molecule has 0 atom stereocenters. The quantitative estimate of drug-likeness (QED) is 0.345. The molecule has 6 heteroatoms. The van der Waals surface area contributed by atoms with E-state index < -0.39 is 5.97 Å². The van der Waals surface area contributed by atoms with Gasteiger partial charge >= 0.3 is 5.97 Å². The van der Waals surface area contributed by atoms with Gasteiger partial charge in [0.15, 0.2) is 0 Å². The van der Waals surface area contributed by atoms with Gasteiger partial charge in [0.2, 0.25) is 0 Å². The molecular weight excluding hydrogens is 326 g/mol. The number of rotatable bonds is 6. The second kappa shape index (κ2) is 8.35. The first-order chi connectivity index (χ1) is 9.62. The smallest absolute Gasteiger partial charge is 0.348 e. The number of carbonyl (C=O) groups is 1. The zero-order valence-corrected chi connectivity index (χ0v) is 12.8. The normalized spacial score (nSPS) is 10.8. The highest BCUT2D eigenvalue weighted by Gasteiger charge is 2.11. The number of benzene rings is 1. The van der Waals surface area contributed by atoms with E-state index in [9.17, 15) is 4.79 Å². The molecule has 20 heavy (non-hydrogen) atoms. The summed E-state index contributed by atoms with van der Waals surface area (Å²) in [4.78, 5) is 11.7. The summed E-state index contributed by atoms with van der Waals surface area (Å²) in [6.45, 7) is 0.402. The highest BCUT2D eigenvalue weighted by molar-refractivity contribution is 9.10. The Hall–Kier alpha value is -1.84. The molecule has 5 nitrogen and oxygen atoms in total. The molecule has 0 saturated heterocycles. The van der Waals surface area contributed by atoms with Crippen LogP contribution in [0.3, 0.4) is 0 Å². The van der Waals surface area contributed by atoms with E-state index in [4.69, 9.17) is 19.5 Å². The molecule has 0 fully saturated rings. The van der Waals surface area contributed by atoms with Crippen LogP contribution in [0.15, 0.2) is 28.2 Å². The maximum absolute atomic E-state index is 11.7. The summed E-state index contributed by atoms with van der Waals surface area (Å²) in [5.74, 6) is -0.000167. The first kappa shape index (κ1) is 16.2. The lowest BCUT2D eigenvalue weighted by Crippen LogP contribution is -2.11. The van der Waals surface area contributed by atoms with Crippen molar-refractivity contribution in [1.82, 2.24) is 0 Å². The van der Waals surface area contributed by atoms with Gasteiger partial charge in [-0.15, -0.1) is 0 Å². The second-order valence-corrected chi connectivity index (χ2v) is 4.55. The van der Waals surface area contributed by atoms with E-state index in [0.717, 1.165) is 4.47 Å². The largest absolute Gasteiger partial charge is 0.496 e. The fourth-order valence-corrected chi connectivity index (χ4v) is 1.93. The number of ether oxygens (including phenoxy) is 3. The van der Waals surface area contributed by atoms with Crippen LogP contribution in [0, 0.1) is 11.3 Å². The highest BCUT2D eigenvalue weighted by Crippen LogP contribution is 2.26. The lowest BCUT2D eigenvalue weighted by Gasteiger charge is -2.05. The molecule has 0 heterocycles. The third kappa shape index (κ3) is 4.68. The van der Waals surface area contributed by atoms with E-state index in [2.05, 4.69) is 15.9 Å². The van der Waals surface area contributed by atoms with Gasteiger partial charge in [0.25, 0.3) is 0 Å². The topological polar surface area (TPSA) is 68.5 Å². The molecule has 106 valence electrons. The van der Waals surface area contributed by atoms with Gasteiger partial charge in [0.05, 0.1) is 18.2 Å². The van der Waals surface area contributed by atoms with Crippen molar-refractivity contribution in [2.75, 3.05) is 27.4 Å². The number of halogens is 1. The van der Waals surface area contributed by atoms with Crippen LogP contribution in [0.1, 0.15) is 5.56 Å². The summed E-state index contributed by atoms with van der Waals surface area (Å²) in [5.41, 5.74) is 0.621. The van der Waals surface area contributed by atoms with Gasteiger partial charge in [-0.3, -0.25) is 0 Å². The fraction of sp³-hybridized carbons (Fsp3) is 0.286. The third-order valence-electron chi connectivity index (χ3n) is 2.35. The summed E-state index contributed by atoms with van der Waals surface area (Å²) in [6.07, 6.45) is 1.46. The summed E-state index contributed by atoms with van der Waals surface area (Å²) < 4.78 is 15.5. The zero-order chi connectivity index (χ0) is 15.0. The van der Waals surface area contributed by atoms with Crippen molar-refractivity contribution >= 4 is 28.0 Å². The van der Waals surface area contributed by atoms with Crippen molar-refractivity contribution in [3.63, 3.8) is 0 Å².